The normalized spacial score (nSPS) is 11.6. The molecule has 17 heavy (non-hydrogen) atoms. The van der Waals surface area contributed by atoms with Gasteiger partial charge in [0.2, 0.25) is 10.0 Å². The Kier molecular flexibility index (Phi) is 3.32. The number of nitrogens with zero attached hydrogens (tertiary/aromatic N) is 2. The van der Waals surface area contributed by atoms with Gasteiger partial charge in [0.25, 0.3) is 0 Å². The summed E-state index contributed by atoms with van der Waals surface area (Å²) >= 11 is 3.37. The number of nitrogens with two attached hydrogens (primary N) is 1. The van der Waals surface area contributed by atoms with E-state index in [0.29, 0.717) is 6.54 Å². The van der Waals surface area contributed by atoms with Crippen LogP contribution in [-0.4, -0.2) is 18.2 Å². The van der Waals surface area contributed by atoms with E-state index in [4.69, 9.17) is 5.14 Å². The lowest BCUT2D eigenvalue weighted by Gasteiger charge is -2.01. The first-order valence-corrected chi connectivity index (χ1v) is 7.09. The van der Waals surface area contributed by atoms with Crippen molar-refractivity contribution in [3.05, 3.63) is 46.7 Å². The molecule has 2 rings (SSSR count). The van der Waals surface area contributed by atoms with Crippen LogP contribution in [0.3, 0.4) is 0 Å². The second kappa shape index (κ2) is 4.59. The molecule has 5 nitrogen and oxygen atoms in total. The van der Waals surface area contributed by atoms with Crippen molar-refractivity contribution < 1.29 is 8.42 Å². The maximum Gasteiger partial charge on any atom is 0.241 e. The average Bonchev–Trinajstić information content (AvgIpc) is 2.65. The van der Waals surface area contributed by atoms with E-state index >= 15 is 0 Å². The SMILES string of the molecule is NS(=O)(=O)c1cnn(Cc2cccc(Br)c2)c1. The first-order chi connectivity index (χ1) is 7.95. The first kappa shape index (κ1) is 12.3. The third-order valence-electron chi connectivity index (χ3n) is 2.17. The molecule has 0 aliphatic carbocycles. The monoisotopic (exact) mass is 315 g/mol. The van der Waals surface area contributed by atoms with Crippen LogP contribution in [0.15, 0.2) is 46.0 Å². The molecular weight excluding hydrogens is 306 g/mol. The molecular formula is C10H10BrN3O2S. The van der Waals surface area contributed by atoms with Gasteiger partial charge in [-0.3, -0.25) is 4.68 Å². The lowest BCUT2D eigenvalue weighted by Crippen LogP contribution is -2.11. The average molecular weight is 316 g/mol. The van der Waals surface area contributed by atoms with Crippen molar-refractivity contribution in [2.24, 2.45) is 5.14 Å². The molecule has 0 saturated carbocycles. The second-order valence-corrected chi connectivity index (χ2v) is 6.03. The zero-order chi connectivity index (χ0) is 12.5. The van der Waals surface area contributed by atoms with Crippen LogP contribution in [-0.2, 0) is 16.6 Å². The summed E-state index contributed by atoms with van der Waals surface area (Å²) < 4.78 is 24.6. The number of aromatic nitrogens is 2. The summed E-state index contributed by atoms with van der Waals surface area (Å²) in [5.74, 6) is 0. The molecule has 0 amide bonds. The van der Waals surface area contributed by atoms with E-state index < -0.39 is 10.0 Å². The van der Waals surface area contributed by atoms with Gasteiger partial charge in [0.05, 0.1) is 12.7 Å². The molecule has 2 aromatic rings. The Morgan fingerprint density at radius 2 is 2.18 bits per heavy atom. The van der Waals surface area contributed by atoms with Gasteiger partial charge in [0.15, 0.2) is 0 Å². The van der Waals surface area contributed by atoms with Crippen molar-refractivity contribution in [2.75, 3.05) is 0 Å². The Morgan fingerprint density at radius 1 is 1.41 bits per heavy atom. The van der Waals surface area contributed by atoms with E-state index in [2.05, 4.69) is 21.0 Å². The molecule has 90 valence electrons. The van der Waals surface area contributed by atoms with Crippen molar-refractivity contribution in [1.29, 1.82) is 0 Å². The largest absolute Gasteiger partial charge is 0.267 e. The molecule has 0 radical (unpaired) electrons. The Balaban J connectivity index is 2.23. The molecule has 1 heterocycles. The van der Waals surface area contributed by atoms with Crippen LogP contribution in [0.4, 0.5) is 0 Å². The van der Waals surface area contributed by atoms with Crippen molar-refractivity contribution in [3.63, 3.8) is 0 Å². The predicted octanol–water partition coefficient (Wildman–Crippen LogP) is 1.34. The Bertz CT molecular complexity index is 637. The lowest BCUT2D eigenvalue weighted by atomic mass is 10.2. The van der Waals surface area contributed by atoms with Crippen molar-refractivity contribution in [1.82, 2.24) is 9.78 Å². The van der Waals surface area contributed by atoms with E-state index in [0.717, 1.165) is 10.0 Å². The summed E-state index contributed by atoms with van der Waals surface area (Å²) in [7, 11) is -3.68. The van der Waals surface area contributed by atoms with Gasteiger partial charge in [-0.15, -0.1) is 0 Å². The highest BCUT2D eigenvalue weighted by atomic mass is 79.9. The van der Waals surface area contributed by atoms with Gasteiger partial charge in [-0.05, 0) is 17.7 Å². The second-order valence-electron chi connectivity index (χ2n) is 3.55. The minimum atomic E-state index is -3.68. The summed E-state index contributed by atoms with van der Waals surface area (Å²) in [6, 6.07) is 7.70. The number of halogens is 1. The van der Waals surface area contributed by atoms with E-state index in [1.165, 1.54) is 17.1 Å². The Labute approximate surface area is 107 Å². The van der Waals surface area contributed by atoms with Gasteiger partial charge in [0.1, 0.15) is 4.90 Å². The van der Waals surface area contributed by atoms with Gasteiger partial charge in [-0.2, -0.15) is 5.10 Å². The Morgan fingerprint density at radius 3 is 2.76 bits per heavy atom. The molecule has 0 spiro atoms. The maximum atomic E-state index is 11.1. The van der Waals surface area contributed by atoms with E-state index in [1.807, 2.05) is 24.3 Å². The van der Waals surface area contributed by atoms with Crippen LogP contribution in [0.2, 0.25) is 0 Å². The third kappa shape index (κ3) is 3.15. The molecule has 2 N–H and O–H groups in total. The highest BCUT2D eigenvalue weighted by Crippen LogP contribution is 2.13. The standard InChI is InChI=1S/C10H10BrN3O2S/c11-9-3-1-2-8(4-9)6-14-7-10(5-13-14)17(12,15)16/h1-5,7H,6H2,(H2,12,15,16). The zero-order valence-electron chi connectivity index (χ0n) is 8.75. The fourth-order valence-electron chi connectivity index (χ4n) is 1.40. The Hall–Kier alpha value is -1.18. The van der Waals surface area contributed by atoms with Crippen LogP contribution in [0, 0.1) is 0 Å². The van der Waals surface area contributed by atoms with Gasteiger partial charge in [0, 0.05) is 10.7 Å². The summed E-state index contributed by atoms with van der Waals surface area (Å²) in [5, 5.41) is 8.95. The quantitative estimate of drug-likeness (QED) is 0.928. The van der Waals surface area contributed by atoms with Crippen molar-refractivity contribution in [2.45, 2.75) is 11.4 Å². The number of rotatable bonds is 3. The van der Waals surface area contributed by atoms with E-state index in [1.54, 1.807) is 0 Å². The molecule has 0 bridgehead atoms. The molecule has 0 atom stereocenters. The van der Waals surface area contributed by atoms with Gasteiger partial charge < -0.3 is 0 Å². The fourth-order valence-corrected chi connectivity index (χ4v) is 2.31. The van der Waals surface area contributed by atoms with E-state index in [-0.39, 0.29) is 4.90 Å². The summed E-state index contributed by atoms with van der Waals surface area (Å²) in [6.45, 7) is 0.495. The molecule has 1 aromatic carbocycles. The molecule has 1 aromatic heterocycles. The number of hydrogen-bond acceptors (Lipinski definition) is 3. The van der Waals surface area contributed by atoms with Gasteiger partial charge >= 0.3 is 0 Å². The zero-order valence-corrected chi connectivity index (χ0v) is 11.1. The van der Waals surface area contributed by atoms with Crippen molar-refractivity contribution in [3.8, 4) is 0 Å². The molecule has 0 aliphatic heterocycles. The molecule has 0 saturated heterocycles. The van der Waals surface area contributed by atoms with E-state index in [9.17, 15) is 8.42 Å². The topological polar surface area (TPSA) is 78.0 Å². The smallest absolute Gasteiger partial charge is 0.241 e. The third-order valence-corrected chi connectivity index (χ3v) is 3.53. The van der Waals surface area contributed by atoms with Crippen LogP contribution in [0.5, 0.6) is 0 Å². The predicted molar refractivity (Wildman–Crippen MR) is 66.8 cm³/mol. The molecule has 0 aliphatic rings. The number of hydrogen-bond donors (Lipinski definition) is 1. The summed E-state index contributed by atoms with van der Waals surface area (Å²) in [6.07, 6.45) is 2.66. The number of primary sulfonamides is 1. The highest BCUT2D eigenvalue weighted by molar-refractivity contribution is 9.10. The van der Waals surface area contributed by atoms with Crippen LogP contribution in [0.1, 0.15) is 5.56 Å². The minimum absolute atomic E-state index is 0.0208. The summed E-state index contributed by atoms with van der Waals surface area (Å²) in [4.78, 5) is 0.0208. The van der Waals surface area contributed by atoms with Crippen LogP contribution in [0.25, 0.3) is 0 Å². The van der Waals surface area contributed by atoms with Crippen LogP contribution < -0.4 is 5.14 Å². The minimum Gasteiger partial charge on any atom is -0.267 e. The van der Waals surface area contributed by atoms with Crippen molar-refractivity contribution >= 4 is 26.0 Å². The number of benzene rings is 1. The first-order valence-electron chi connectivity index (χ1n) is 4.75. The fraction of sp³-hybridized carbons (Fsp3) is 0.100. The lowest BCUT2D eigenvalue weighted by molar-refractivity contribution is 0.597. The highest BCUT2D eigenvalue weighted by Gasteiger charge is 2.10. The van der Waals surface area contributed by atoms with Gasteiger partial charge in [-0.25, -0.2) is 13.6 Å². The number of sulfonamides is 1. The molecule has 7 heteroatoms. The molecule has 0 fully saturated rings. The summed E-state index contributed by atoms with van der Waals surface area (Å²) in [5.41, 5.74) is 1.02. The maximum absolute atomic E-state index is 11.1. The molecule has 0 unspecified atom stereocenters. The van der Waals surface area contributed by atoms with Gasteiger partial charge in [-0.1, -0.05) is 28.1 Å². The van der Waals surface area contributed by atoms with Crippen LogP contribution >= 0.6 is 15.9 Å².